The molecule has 0 saturated carbocycles. The van der Waals surface area contributed by atoms with E-state index in [4.69, 9.17) is 4.52 Å². The first-order valence-corrected chi connectivity index (χ1v) is 10.6. The first-order chi connectivity index (χ1) is 14.2. The Morgan fingerprint density at radius 3 is 2.60 bits per heavy atom. The van der Waals surface area contributed by atoms with Crippen LogP contribution in [0.2, 0.25) is 0 Å². The fraction of sp³-hybridized carbons (Fsp3) is 0.458. The van der Waals surface area contributed by atoms with Crippen LogP contribution in [0.15, 0.2) is 35.0 Å². The van der Waals surface area contributed by atoms with Crippen molar-refractivity contribution < 1.29 is 9.32 Å². The highest BCUT2D eigenvalue weighted by molar-refractivity contribution is 5.79. The first-order valence-electron chi connectivity index (χ1n) is 10.6. The largest absolute Gasteiger partial charge is 0.361 e. The molecule has 30 heavy (non-hydrogen) atoms. The van der Waals surface area contributed by atoms with Crippen LogP contribution in [0.1, 0.15) is 73.5 Å². The average Bonchev–Trinajstić information content (AvgIpc) is 3.27. The van der Waals surface area contributed by atoms with E-state index in [1.165, 1.54) is 11.3 Å². The van der Waals surface area contributed by atoms with Gasteiger partial charge in [0.05, 0.1) is 30.0 Å². The van der Waals surface area contributed by atoms with Gasteiger partial charge in [-0.15, -0.1) is 0 Å². The molecule has 6 nitrogen and oxygen atoms in total. The van der Waals surface area contributed by atoms with Gasteiger partial charge in [0.1, 0.15) is 5.76 Å². The second kappa shape index (κ2) is 7.74. The first kappa shape index (κ1) is 20.4. The average molecular weight is 407 g/mol. The molecular formula is C24H30N4O2. The van der Waals surface area contributed by atoms with Crippen LogP contribution >= 0.6 is 0 Å². The van der Waals surface area contributed by atoms with Crippen molar-refractivity contribution in [2.45, 2.75) is 71.8 Å². The maximum Gasteiger partial charge on any atom is 0.225 e. The van der Waals surface area contributed by atoms with Gasteiger partial charge in [0.15, 0.2) is 0 Å². The summed E-state index contributed by atoms with van der Waals surface area (Å²) < 4.78 is 7.20. The number of aryl methyl sites for hydroxylation is 2. The summed E-state index contributed by atoms with van der Waals surface area (Å²) in [6, 6.07) is 8.61. The van der Waals surface area contributed by atoms with Crippen molar-refractivity contribution in [3.8, 4) is 5.69 Å². The van der Waals surface area contributed by atoms with Crippen molar-refractivity contribution in [2.24, 2.45) is 0 Å². The standard InChI is InChI=1S/C24H30N4O2/c1-15-19(16(2)30-27-15)13-23(29)26-21-7-6-8-22-20(21)14-25-28(22)18-11-9-17(10-12-18)24(3,4)5/h9-12,14,21H,6-8,13H2,1-5H3,(H,26,29)/t21-/m1/s1. The Kier molecular flexibility index (Phi) is 5.26. The van der Waals surface area contributed by atoms with Gasteiger partial charge in [-0.3, -0.25) is 4.79 Å². The van der Waals surface area contributed by atoms with E-state index in [-0.39, 0.29) is 23.8 Å². The molecule has 0 saturated heterocycles. The number of amides is 1. The van der Waals surface area contributed by atoms with Crippen LogP contribution in [0, 0.1) is 13.8 Å². The lowest BCUT2D eigenvalue weighted by molar-refractivity contribution is -0.121. The van der Waals surface area contributed by atoms with Crippen molar-refractivity contribution >= 4 is 5.91 Å². The molecule has 6 heteroatoms. The Balaban J connectivity index is 1.53. The molecule has 1 N–H and O–H groups in total. The maximum absolute atomic E-state index is 12.7. The minimum absolute atomic E-state index is 0.00969. The lowest BCUT2D eigenvalue weighted by atomic mass is 9.87. The van der Waals surface area contributed by atoms with Gasteiger partial charge in [0, 0.05) is 16.8 Å². The van der Waals surface area contributed by atoms with Crippen LogP contribution in [-0.4, -0.2) is 20.8 Å². The summed E-state index contributed by atoms with van der Waals surface area (Å²) in [4.78, 5) is 12.7. The highest BCUT2D eigenvalue weighted by atomic mass is 16.5. The van der Waals surface area contributed by atoms with Gasteiger partial charge >= 0.3 is 0 Å². The monoisotopic (exact) mass is 406 g/mol. The molecule has 4 rings (SSSR count). The van der Waals surface area contributed by atoms with Crippen LogP contribution < -0.4 is 5.32 Å². The lowest BCUT2D eigenvalue weighted by Gasteiger charge is -2.24. The Labute approximate surface area is 177 Å². The molecule has 0 spiro atoms. The third kappa shape index (κ3) is 3.91. The zero-order valence-corrected chi connectivity index (χ0v) is 18.5. The quantitative estimate of drug-likeness (QED) is 0.692. The molecule has 0 bridgehead atoms. The SMILES string of the molecule is Cc1noc(C)c1CC(=O)N[C@@H]1CCCc2c1cnn2-c1ccc(C(C)(C)C)cc1. The highest BCUT2D eigenvalue weighted by Crippen LogP contribution is 2.32. The van der Waals surface area contributed by atoms with Crippen LogP contribution in [0.5, 0.6) is 0 Å². The maximum atomic E-state index is 12.7. The molecule has 2 heterocycles. The predicted octanol–water partition coefficient (Wildman–Crippen LogP) is 4.51. The van der Waals surface area contributed by atoms with E-state index in [1.54, 1.807) is 0 Å². The summed E-state index contributed by atoms with van der Waals surface area (Å²) in [6.45, 7) is 10.4. The number of benzene rings is 1. The van der Waals surface area contributed by atoms with Crippen molar-refractivity contribution in [1.82, 2.24) is 20.3 Å². The van der Waals surface area contributed by atoms with Gasteiger partial charge in [-0.2, -0.15) is 5.10 Å². The van der Waals surface area contributed by atoms with E-state index in [0.717, 1.165) is 41.8 Å². The molecular weight excluding hydrogens is 376 g/mol. The number of carbonyl (C=O) groups excluding carboxylic acids is 1. The molecule has 158 valence electrons. The van der Waals surface area contributed by atoms with Crippen LogP contribution in [-0.2, 0) is 23.1 Å². The predicted molar refractivity (Wildman–Crippen MR) is 116 cm³/mol. The number of carbonyl (C=O) groups is 1. The van der Waals surface area contributed by atoms with Gasteiger partial charge in [-0.1, -0.05) is 38.1 Å². The van der Waals surface area contributed by atoms with Gasteiger partial charge in [0.2, 0.25) is 5.91 Å². The molecule has 0 radical (unpaired) electrons. The summed E-state index contributed by atoms with van der Waals surface area (Å²) in [7, 11) is 0. The number of hydrogen-bond acceptors (Lipinski definition) is 4. The molecule has 1 aromatic carbocycles. The van der Waals surface area contributed by atoms with Crippen LogP contribution in [0.4, 0.5) is 0 Å². The number of nitrogens with one attached hydrogen (secondary N) is 1. The van der Waals surface area contributed by atoms with E-state index >= 15 is 0 Å². The minimum atomic E-state index is -0.00989. The molecule has 0 fully saturated rings. The number of rotatable bonds is 4. The third-order valence-electron chi connectivity index (χ3n) is 6.01. The van der Waals surface area contributed by atoms with Gasteiger partial charge in [-0.05, 0) is 56.2 Å². The van der Waals surface area contributed by atoms with Crippen molar-refractivity contribution in [1.29, 1.82) is 0 Å². The Bertz CT molecular complexity index is 1030. The van der Waals surface area contributed by atoms with E-state index in [0.29, 0.717) is 5.76 Å². The fourth-order valence-electron chi connectivity index (χ4n) is 4.19. The van der Waals surface area contributed by atoms with Gasteiger partial charge in [0.25, 0.3) is 0 Å². The third-order valence-corrected chi connectivity index (χ3v) is 6.01. The molecule has 3 aromatic rings. The fourth-order valence-corrected chi connectivity index (χ4v) is 4.19. The molecule has 1 atom stereocenters. The molecule has 1 aliphatic rings. The van der Waals surface area contributed by atoms with Crippen molar-refractivity contribution in [3.05, 3.63) is 64.3 Å². The lowest BCUT2D eigenvalue weighted by Crippen LogP contribution is -2.32. The number of aromatic nitrogens is 3. The Morgan fingerprint density at radius 1 is 1.23 bits per heavy atom. The van der Waals surface area contributed by atoms with Crippen molar-refractivity contribution in [3.63, 3.8) is 0 Å². The summed E-state index contributed by atoms with van der Waals surface area (Å²) in [5.74, 6) is 0.697. The van der Waals surface area contributed by atoms with E-state index < -0.39 is 0 Å². The van der Waals surface area contributed by atoms with Gasteiger partial charge < -0.3 is 9.84 Å². The zero-order valence-electron chi connectivity index (χ0n) is 18.5. The normalized spacial score (nSPS) is 16.4. The minimum Gasteiger partial charge on any atom is -0.361 e. The van der Waals surface area contributed by atoms with Crippen LogP contribution in [0.25, 0.3) is 5.69 Å². The molecule has 1 aliphatic carbocycles. The summed E-state index contributed by atoms with van der Waals surface area (Å²) in [5, 5.41) is 11.8. The van der Waals surface area contributed by atoms with E-state index in [9.17, 15) is 4.79 Å². The van der Waals surface area contributed by atoms with Crippen LogP contribution in [0.3, 0.4) is 0 Å². The van der Waals surface area contributed by atoms with E-state index in [1.807, 2.05) is 24.7 Å². The smallest absolute Gasteiger partial charge is 0.225 e. The molecule has 2 aromatic heterocycles. The molecule has 0 aliphatic heterocycles. The summed E-state index contributed by atoms with van der Waals surface area (Å²) in [5.41, 5.74) is 6.44. The summed E-state index contributed by atoms with van der Waals surface area (Å²) in [6.07, 6.45) is 5.11. The number of nitrogens with zero attached hydrogens (tertiary/aromatic N) is 3. The summed E-state index contributed by atoms with van der Waals surface area (Å²) >= 11 is 0. The Hall–Kier alpha value is -2.89. The Morgan fingerprint density at radius 2 is 1.97 bits per heavy atom. The van der Waals surface area contributed by atoms with Crippen molar-refractivity contribution in [2.75, 3.05) is 0 Å². The van der Waals surface area contributed by atoms with Gasteiger partial charge in [-0.25, -0.2) is 4.68 Å². The zero-order chi connectivity index (χ0) is 21.5. The molecule has 1 amide bonds. The second-order valence-corrected chi connectivity index (χ2v) is 9.25. The number of fused-ring (bicyclic) bond motifs is 1. The topological polar surface area (TPSA) is 73.0 Å². The highest BCUT2D eigenvalue weighted by Gasteiger charge is 2.27. The number of hydrogen-bond donors (Lipinski definition) is 1. The molecule has 0 unspecified atom stereocenters. The second-order valence-electron chi connectivity index (χ2n) is 9.25. The van der Waals surface area contributed by atoms with E-state index in [2.05, 4.69) is 60.6 Å².